The average molecular weight is 793 g/mol. The molecule has 3 aromatic rings. The van der Waals surface area contributed by atoms with E-state index in [0.29, 0.717) is 12.8 Å². The molecular weight excluding hydrogens is 733 g/mol. The maximum absolute atomic E-state index is 15.1. The number of allylic oxidation sites excluding steroid dienone is 2. The molecule has 8 rings (SSSR count). The van der Waals surface area contributed by atoms with Crippen molar-refractivity contribution in [1.82, 2.24) is 0 Å². The van der Waals surface area contributed by atoms with Crippen molar-refractivity contribution in [2.45, 2.75) is 125 Å². The van der Waals surface area contributed by atoms with Crippen molar-refractivity contribution in [3.63, 3.8) is 0 Å². The van der Waals surface area contributed by atoms with E-state index in [1.807, 2.05) is 73.7 Å². The van der Waals surface area contributed by atoms with Crippen LogP contribution in [0.25, 0.3) is 0 Å². The molecule has 58 heavy (non-hydrogen) atoms. The number of methoxy groups -OCH3 is 1. The number of benzene rings is 2. The van der Waals surface area contributed by atoms with Gasteiger partial charge in [-0.25, -0.2) is 4.79 Å². The maximum Gasteiger partial charge on any atom is 0.519 e. The number of esters is 2. The van der Waals surface area contributed by atoms with Gasteiger partial charge in [0, 0.05) is 13.0 Å². The van der Waals surface area contributed by atoms with Gasteiger partial charge in [-0.1, -0.05) is 93.9 Å². The van der Waals surface area contributed by atoms with Gasteiger partial charge >= 0.3 is 17.8 Å². The molecule has 0 aliphatic heterocycles. The summed E-state index contributed by atoms with van der Waals surface area (Å²) in [5.74, 6) is -1.30. The first-order valence-electron chi connectivity index (χ1n) is 21.3. The SMILES string of the molecule is CO[C@H]1CC[C@@]2(C)[C@@H](CC[C@]3(C)[C@@H]2C(=O)C=C2[C@@H]4C[C@@](C)(C(=O)OC(c5ccccc5)c5ccccc5)CC[C@]4(C)CC[C@]23C)[C@]1(C)C(=O)OCc1oc(=O)oc1C. The molecule has 1 aromatic heterocycles. The molecule has 310 valence electrons. The normalized spacial score (nSPS) is 38.1. The third-order valence-electron chi connectivity index (χ3n) is 17.0. The lowest BCUT2D eigenvalue weighted by atomic mass is 9.33. The van der Waals surface area contributed by atoms with Crippen LogP contribution in [0.3, 0.4) is 0 Å². The lowest BCUT2D eigenvalue weighted by molar-refractivity contribution is -0.221. The molecule has 0 amide bonds. The fourth-order valence-corrected chi connectivity index (χ4v) is 13.3. The van der Waals surface area contributed by atoms with E-state index < -0.39 is 40.2 Å². The van der Waals surface area contributed by atoms with Gasteiger partial charge in [0.2, 0.25) is 0 Å². The molecule has 0 bridgehead atoms. The predicted octanol–water partition coefficient (Wildman–Crippen LogP) is 9.89. The largest absolute Gasteiger partial charge is 0.519 e. The summed E-state index contributed by atoms with van der Waals surface area (Å²) in [7, 11) is 1.64. The van der Waals surface area contributed by atoms with Gasteiger partial charge in [-0.05, 0) is 129 Å². The van der Waals surface area contributed by atoms with E-state index in [4.69, 9.17) is 23.0 Å². The van der Waals surface area contributed by atoms with Gasteiger partial charge < -0.3 is 23.0 Å². The minimum atomic E-state index is -1.04. The van der Waals surface area contributed by atoms with Crippen LogP contribution in [0.2, 0.25) is 0 Å². The van der Waals surface area contributed by atoms with Crippen LogP contribution < -0.4 is 5.82 Å². The Morgan fingerprint density at radius 1 is 0.793 bits per heavy atom. The topological polar surface area (TPSA) is 122 Å². The number of aryl methyl sites for hydroxylation is 1. The first-order chi connectivity index (χ1) is 27.4. The number of ketones is 1. The summed E-state index contributed by atoms with van der Waals surface area (Å²) >= 11 is 0. The second kappa shape index (κ2) is 14.2. The molecule has 9 nitrogen and oxygen atoms in total. The molecule has 4 fully saturated rings. The Kier molecular flexibility index (Phi) is 9.93. The van der Waals surface area contributed by atoms with Crippen molar-refractivity contribution in [3.8, 4) is 0 Å². The van der Waals surface area contributed by atoms with Gasteiger partial charge in [0.25, 0.3) is 0 Å². The molecule has 0 N–H and O–H groups in total. The molecule has 0 saturated heterocycles. The standard InChI is InChI=1S/C49H60O9/c1-30-36(57-43(53)56-30)29-55-42(52)49(7)37-19-22-48(6)40(46(37,4)21-20-38(49)54-8)35(50)27-33-34-28-45(3,24-23-44(34,2)25-26-47(33,48)5)41(51)58-39(31-15-11-9-12-16-31)32-17-13-10-14-18-32/h9-18,27,34,37-40H,19-26,28-29H2,1-8H3/t34-,37+,38-,40+,44+,45-,46-,47+,48+,49-/m0/s1. The van der Waals surface area contributed by atoms with Gasteiger partial charge in [0.05, 0.1) is 16.9 Å². The quantitative estimate of drug-likeness (QED) is 0.205. The van der Waals surface area contributed by atoms with Gasteiger partial charge in [-0.2, -0.15) is 0 Å². The molecule has 4 saturated carbocycles. The Bertz CT molecular complexity index is 2130. The molecule has 5 aliphatic carbocycles. The highest BCUT2D eigenvalue weighted by molar-refractivity contribution is 5.96. The van der Waals surface area contributed by atoms with Crippen LogP contribution in [0.15, 0.2) is 85.9 Å². The van der Waals surface area contributed by atoms with E-state index >= 15 is 4.79 Å². The lowest BCUT2D eigenvalue weighted by Crippen LogP contribution is -2.68. The molecule has 9 heteroatoms. The fraction of sp³-hybridized carbons (Fsp3) is 0.592. The summed E-state index contributed by atoms with van der Waals surface area (Å²) in [6.07, 6.45) is 8.15. The number of carbonyl (C=O) groups is 3. The van der Waals surface area contributed by atoms with Crippen LogP contribution >= 0.6 is 0 Å². The van der Waals surface area contributed by atoms with Gasteiger partial charge in [-0.15, -0.1) is 0 Å². The molecular formula is C49H60O9. The highest BCUT2D eigenvalue weighted by Gasteiger charge is 2.72. The highest BCUT2D eigenvalue weighted by Crippen LogP contribution is 2.75. The second-order valence-electron chi connectivity index (χ2n) is 19.9. The fourth-order valence-electron chi connectivity index (χ4n) is 13.3. The molecule has 0 radical (unpaired) electrons. The summed E-state index contributed by atoms with van der Waals surface area (Å²) in [5.41, 5.74) is 0.101. The molecule has 5 aliphatic rings. The van der Waals surface area contributed by atoms with E-state index in [1.165, 1.54) is 5.57 Å². The van der Waals surface area contributed by atoms with Crippen LogP contribution in [0.4, 0.5) is 0 Å². The van der Waals surface area contributed by atoms with Gasteiger partial charge in [0.15, 0.2) is 30.0 Å². The Morgan fingerprint density at radius 3 is 2.03 bits per heavy atom. The van der Waals surface area contributed by atoms with Crippen LogP contribution in [0.5, 0.6) is 0 Å². The Morgan fingerprint density at radius 2 is 1.43 bits per heavy atom. The Balaban J connectivity index is 1.10. The molecule has 2 aromatic carbocycles. The van der Waals surface area contributed by atoms with Crippen molar-refractivity contribution >= 4 is 17.7 Å². The predicted molar refractivity (Wildman–Crippen MR) is 217 cm³/mol. The number of fused-ring (bicyclic) bond motifs is 7. The van der Waals surface area contributed by atoms with Crippen LogP contribution in [-0.2, 0) is 35.2 Å². The van der Waals surface area contributed by atoms with Gasteiger partial charge in [-0.3, -0.25) is 14.4 Å². The van der Waals surface area contributed by atoms with Crippen molar-refractivity contribution in [2.75, 3.05) is 7.11 Å². The van der Waals surface area contributed by atoms with Crippen LogP contribution in [0, 0.1) is 57.2 Å². The average Bonchev–Trinajstić information content (AvgIpc) is 3.53. The number of hydrogen-bond acceptors (Lipinski definition) is 9. The zero-order valence-corrected chi connectivity index (χ0v) is 35.5. The van der Waals surface area contributed by atoms with Crippen molar-refractivity contribution in [3.05, 3.63) is 106 Å². The summed E-state index contributed by atoms with van der Waals surface area (Å²) in [4.78, 5) is 55.8. The van der Waals surface area contributed by atoms with Crippen molar-refractivity contribution in [1.29, 1.82) is 0 Å². The molecule has 0 spiro atoms. The Labute approximate surface area is 342 Å². The third-order valence-corrected chi connectivity index (χ3v) is 17.0. The van der Waals surface area contributed by atoms with Gasteiger partial charge in [0.1, 0.15) is 0 Å². The smallest absolute Gasteiger partial charge is 0.457 e. The van der Waals surface area contributed by atoms with E-state index in [2.05, 4.69) is 34.6 Å². The van der Waals surface area contributed by atoms with Crippen LogP contribution in [0.1, 0.15) is 128 Å². The van der Waals surface area contributed by atoms with Crippen LogP contribution in [-0.4, -0.2) is 30.9 Å². The second-order valence-corrected chi connectivity index (χ2v) is 19.9. The zero-order chi connectivity index (χ0) is 41.5. The molecule has 10 atom stereocenters. The molecule has 0 unspecified atom stereocenters. The maximum atomic E-state index is 15.1. The van der Waals surface area contributed by atoms with E-state index in [-0.39, 0.29) is 63.9 Å². The van der Waals surface area contributed by atoms with E-state index in [9.17, 15) is 14.4 Å². The minimum Gasteiger partial charge on any atom is -0.457 e. The van der Waals surface area contributed by atoms with Crippen molar-refractivity contribution in [2.24, 2.45) is 50.2 Å². The number of ether oxygens (including phenoxy) is 3. The first-order valence-corrected chi connectivity index (χ1v) is 21.3. The summed E-state index contributed by atoms with van der Waals surface area (Å²) in [6.45, 7) is 14.7. The summed E-state index contributed by atoms with van der Waals surface area (Å²) in [5, 5.41) is 0. The number of rotatable bonds is 8. The van der Waals surface area contributed by atoms with E-state index in [1.54, 1.807) is 14.0 Å². The third kappa shape index (κ3) is 6.03. The summed E-state index contributed by atoms with van der Waals surface area (Å²) in [6, 6.07) is 19.9. The summed E-state index contributed by atoms with van der Waals surface area (Å²) < 4.78 is 28.7. The number of hydrogen-bond donors (Lipinski definition) is 0. The Hall–Kier alpha value is -4.24. The van der Waals surface area contributed by atoms with E-state index in [0.717, 1.165) is 56.1 Å². The highest BCUT2D eigenvalue weighted by atomic mass is 16.6. The number of carbonyl (C=O) groups excluding carboxylic acids is 3. The minimum absolute atomic E-state index is 0.0424. The first kappa shape index (κ1) is 40.5. The molecule has 1 heterocycles. The monoisotopic (exact) mass is 792 g/mol. The lowest BCUT2D eigenvalue weighted by Gasteiger charge is -2.70. The van der Waals surface area contributed by atoms with Crippen molar-refractivity contribution < 1.29 is 37.4 Å². The zero-order valence-electron chi connectivity index (χ0n) is 35.5.